The quantitative estimate of drug-likeness (QED) is 0.824. The summed E-state index contributed by atoms with van der Waals surface area (Å²) in [6, 6.07) is 7.15. The molecule has 1 aliphatic rings. The number of nitriles is 1. The average Bonchev–Trinajstić information content (AvgIpc) is 2.84. The predicted octanol–water partition coefficient (Wildman–Crippen LogP) is 2.69. The fraction of sp³-hybridized carbons (Fsp3) is 0.462. The van der Waals surface area contributed by atoms with E-state index in [0.29, 0.717) is 22.9 Å². The molecule has 1 heterocycles. The fourth-order valence-corrected chi connectivity index (χ4v) is 2.21. The minimum atomic E-state index is 0.505. The molecular weight excluding hydrogens is 236 g/mol. The predicted molar refractivity (Wildman–Crippen MR) is 67.3 cm³/mol. The van der Waals surface area contributed by atoms with Crippen molar-refractivity contribution in [3.05, 3.63) is 28.8 Å². The van der Waals surface area contributed by atoms with Gasteiger partial charge in [-0.25, -0.2) is 0 Å². The van der Waals surface area contributed by atoms with Crippen LogP contribution in [0.4, 0.5) is 0 Å². The normalized spacial score (nSPS) is 15.8. The molecule has 0 aliphatic carbocycles. The molecule has 17 heavy (non-hydrogen) atoms. The second-order valence-corrected chi connectivity index (χ2v) is 4.56. The van der Waals surface area contributed by atoms with E-state index < -0.39 is 0 Å². The molecule has 0 amide bonds. The summed E-state index contributed by atoms with van der Waals surface area (Å²) in [5.74, 6) is 0.657. The monoisotopic (exact) mass is 250 g/mol. The van der Waals surface area contributed by atoms with Gasteiger partial charge < -0.3 is 4.74 Å². The molecule has 0 spiro atoms. The second-order valence-electron chi connectivity index (χ2n) is 4.15. The molecule has 1 fully saturated rings. The van der Waals surface area contributed by atoms with Crippen LogP contribution in [0.1, 0.15) is 18.4 Å². The molecular formula is C13H15ClN2O. The fourth-order valence-electron chi connectivity index (χ4n) is 1.98. The van der Waals surface area contributed by atoms with Gasteiger partial charge in [-0.2, -0.15) is 5.26 Å². The molecule has 1 aromatic rings. The number of ether oxygens (including phenoxy) is 1. The van der Waals surface area contributed by atoms with Crippen LogP contribution in [-0.2, 0) is 0 Å². The van der Waals surface area contributed by atoms with Gasteiger partial charge in [-0.1, -0.05) is 11.6 Å². The lowest BCUT2D eigenvalue weighted by atomic mass is 10.2. The molecule has 4 heteroatoms. The Bertz CT molecular complexity index is 422. The Morgan fingerprint density at radius 1 is 1.35 bits per heavy atom. The van der Waals surface area contributed by atoms with Crippen LogP contribution in [0.15, 0.2) is 18.2 Å². The highest BCUT2D eigenvalue weighted by molar-refractivity contribution is 6.32. The largest absolute Gasteiger partial charge is 0.491 e. The molecule has 2 rings (SSSR count). The highest BCUT2D eigenvalue weighted by Gasteiger charge is 2.11. The van der Waals surface area contributed by atoms with Crippen molar-refractivity contribution in [2.45, 2.75) is 12.8 Å². The van der Waals surface area contributed by atoms with Gasteiger partial charge in [0.25, 0.3) is 0 Å². The Morgan fingerprint density at radius 3 is 2.76 bits per heavy atom. The number of rotatable bonds is 4. The first-order valence-electron chi connectivity index (χ1n) is 5.84. The summed E-state index contributed by atoms with van der Waals surface area (Å²) in [4.78, 5) is 2.39. The molecule has 3 nitrogen and oxygen atoms in total. The van der Waals surface area contributed by atoms with E-state index in [2.05, 4.69) is 4.90 Å². The molecule has 0 atom stereocenters. The molecule has 0 bridgehead atoms. The van der Waals surface area contributed by atoms with Crippen LogP contribution in [0.3, 0.4) is 0 Å². The van der Waals surface area contributed by atoms with E-state index in [4.69, 9.17) is 21.6 Å². The molecule has 0 saturated carbocycles. The Hall–Kier alpha value is -1.24. The third kappa shape index (κ3) is 3.36. The van der Waals surface area contributed by atoms with Crippen molar-refractivity contribution >= 4 is 11.6 Å². The van der Waals surface area contributed by atoms with Gasteiger partial charge in [0.2, 0.25) is 0 Å². The summed E-state index contributed by atoms with van der Waals surface area (Å²) in [6.07, 6.45) is 2.58. The van der Waals surface area contributed by atoms with Crippen LogP contribution in [0.25, 0.3) is 0 Å². The Kier molecular flexibility index (Phi) is 4.24. The first-order chi connectivity index (χ1) is 8.29. The van der Waals surface area contributed by atoms with Crippen LogP contribution in [0.5, 0.6) is 5.75 Å². The lowest BCUT2D eigenvalue weighted by Gasteiger charge is -2.15. The molecule has 0 unspecified atom stereocenters. The molecule has 1 aromatic carbocycles. The Morgan fingerprint density at radius 2 is 2.12 bits per heavy atom. The van der Waals surface area contributed by atoms with E-state index in [0.717, 1.165) is 6.54 Å². The second kappa shape index (κ2) is 5.90. The first-order valence-corrected chi connectivity index (χ1v) is 6.22. The van der Waals surface area contributed by atoms with Gasteiger partial charge in [0.15, 0.2) is 0 Å². The van der Waals surface area contributed by atoms with Gasteiger partial charge in [-0.3, -0.25) is 4.90 Å². The van der Waals surface area contributed by atoms with Gasteiger partial charge in [-0.05, 0) is 44.1 Å². The van der Waals surface area contributed by atoms with E-state index in [9.17, 15) is 0 Å². The minimum Gasteiger partial charge on any atom is -0.491 e. The van der Waals surface area contributed by atoms with Gasteiger partial charge in [0, 0.05) is 6.54 Å². The van der Waals surface area contributed by atoms with Crippen LogP contribution in [0.2, 0.25) is 5.02 Å². The summed E-state index contributed by atoms with van der Waals surface area (Å²) in [6.45, 7) is 3.93. The number of likely N-dealkylation sites (tertiary alicyclic amines) is 1. The SMILES string of the molecule is N#Cc1ccc(OCCN2CCCC2)c(Cl)c1. The van der Waals surface area contributed by atoms with E-state index in [-0.39, 0.29) is 0 Å². The molecule has 0 N–H and O–H groups in total. The molecule has 0 radical (unpaired) electrons. The Balaban J connectivity index is 1.84. The van der Waals surface area contributed by atoms with Crippen LogP contribution in [-0.4, -0.2) is 31.1 Å². The lowest BCUT2D eigenvalue weighted by molar-refractivity contribution is 0.238. The highest BCUT2D eigenvalue weighted by Crippen LogP contribution is 2.25. The minimum absolute atomic E-state index is 0.505. The van der Waals surface area contributed by atoms with Crippen molar-refractivity contribution in [2.75, 3.05) is 26.2 Å². The van der Waals surface area contributed by atoms with Crippen molar-refractivity contribution < 1.29 is 4.74 Å². The lowest BCUT2D eigenvalue weighted by Crippen LogP contribution is -2.25. The zero-order valence-electron chi connectivity index (χ0n) is 9.66. The number of nitrogens with zero attached hydrogens (tertiary/aromatic N) is 2. The summed E-state index contributed by atoms with van der Waals surface area (Å²) < 4.78 is 5.62. The number of halogens is 1. The summed E-state index contributed by atoms with van der Waals surface area (Å²) in [7, 11) is 0. The molecule has 0 aromatic heterocycles. The number of hydrogen-bond donors (Lipinski definition) is 0. The maximum absolute atomic E-state index is 8.72. The number of hydrogen-bond acceptors (Lipinski definition) is 3. The van der Waals surface area contributed by atoms with Crippen molar-refractivity contribution in [2.24, 2.45) is 0 Å². The van der Waals surface area contributed by atoms with Crippen LogP contribution >= 0.6 is 11.6 Å². The van der Waals surface area contributed by atoms with Gasteiger partial charge in [0.05, 0.1) is 16.7 Å². The maximum atomic E-state index is 8.72. The summed E-state index contributed by atoms with van der Waals surface area (Å²) in [5.41, 5.74) is 0.557. The van der Waals surface area contributed by atoms with Crippen molar-refractivity contribution in [1.82, 2.24) is 4.90 Å². The van der Waals surface area contributed by atoms with Gasteiger partial charge >= 0.3 is 0 Å². The van der Waals surface area contributed by atoms with E-state index >= 15 is 0 Å². The van der Waals surface area contributed by atoms with Gasteiger partial charge in [-0.15, -0.1) is 0 Å². The average molecular weight is 251 g/mol. The van der Waals surface area contributed by atoms with E-state index in [1.54, 1.807) is 18.2 Å². The van der Waals surface area contributed by atoms with Crippen LogP contribution < -0.4 is 4.74 Å². The first kappa shape index (κ1) is 12.2. The molecule has 90 valence electrons. The highest BCUT2D eigenvalue weighted by atomic mass is 35.5. The van der Waals surface area contributed by atoms with Gasteiger partial charge in [0.1, 0.15) is 12.4 Å². The summed E-state index contributed by atoms with van der Waals surface area (Å²) in [5, 5.41) is 9.22. The third-order valence-electron chi connectivity index (χ3n) is 2.92. The number of benzene rings is 1. The zero-order chi connectivity index (χ0) is 12.1. The van der Waals surface area contributed by atoms with Crippen molar-refractivity contribution in [3.8, 4) is 11.8 Å². The van der Waals surface area contributed by atoms with E-state index in [1.165, 1.54) is 25.9 Å². The Labute approximate surface area is 107 Å². The topological polar surface area (TPSA) is 36.3 Å². The standard InChI is InChI=1S/C13H15ClN2O/c14-12-9-11(10-15)3-4-13(12)17-8-7-16-5-1-2-6-16/h3-4,9H,1-2,5-8H2. The maximum Gasteiger partial charge on any atom is 0.138 e. The smallest absolute Gasteiger partial charge is 0.138 e. The van der Waals surface area contributed by atoms with E-state index in [1.807, 2.05) is 6.07 Å². The van der Waals surface area contributed by atoms with Crippen molar-refractivity contribution in [3.63, 3.8) is 0 Å². The third-order valence-corrected chi connectivity index (χ3v) is 3.22. The summed E-state index contributed by atoms with van der Waals surface area (Å²) >= 11 is 6.01. The van der Waals surface area contributed by atoms with Crippen LogP contribution in [0, 0.1) is 11.3 Å². The molecule has 1 aliphatic heterocycles. The molecule has 1 saturated heterocycles. The van der Waals surface area contributed by atoms with Crippen molar-refractivity contribution in [1.29, 1.82) is 5.26 Å². The zero-order valence-corrected chi connectivity index (χ0v) is 10.4.